The van der Waals surface area contributed by atoms with Crippen molar-refractivity contribution in [2.45, 2.75) is 19.3 Å². The molecular weight excluding hydrogens is 228 g/mol. The van der Waals surface area contributed by atoms with Crippen molar-refractivity contribution < 1.29 is 15.3 Å². The lowest BCUT2D eigenvalue weighted by Gasteiger charge is -2.27. The van der Waals surface area contributed by atoms with Gasteiger partial charge < -0.3 is 15.3 Å². The Kier molecular flexibility index (Phi) is 2.91. The van der Waals surface area contributed by atoms with Crippen molar-refractivity contribution in [2.75, 3.05) is 0 Å². The summed E-state index contributed by atoms with van der Waals surface area (Å²) in [5, 5.41) is 28.8. The van der Waals surface area contributed by atoms with E-state index in [1.807, 2.05) is 13.8 Å². The fourth-order valence-electron chi connectivity index (χ4n) is 2.07. The van der Waals surface area contributed by atoms with Gasteiger partial charge in [0.25, 0.3) is 0 Å². The molecule has 0 bridgehead atoms. The summed E-state index contributed by atoms with van der Waals surface area (Å²) in [4.78, 5) is 0. The molecule has 0 radical (unpaired) electrons. The average molecular weight is 244 g/mol. The van der Waals surface area contributed by atoms with Crippen LogP contribution >= 0.6 is 0 Å². The summed E-state index contributed by atoms with van der Waals surface area (Å²) < 4.78 is 0. The van der Waals surface area contributed by atoms with Crippen LogP contribution in [0, 0.1) is 0 Å². The summed E-state index contributed by atoms with van der Waals surface area (Å²) >= 11 is 0. The first-order valence-electron chi connectivity index (χ1n) is 5.74. The van der Waals surface area contributed by atoms with Gasteiger partial charge in [0.05, 0.1) is 0 Å². The van der Waals surface area contributed by atoms with Crippen LogP contribution in [0.15, 0.2) is 42.5 Å². The van der Waals surface area contributed by atoms with E-state index >= 15 is 0 Å². The molecule has 0 aromatic heterocycles. The molecule has 2 rings (SSSR count). The van der Waals surface area contributed by atoms with Crippen molar-refractivity contribution in [3.05, 3.63) is 53.6 Å². The number of benzene rings is 2. The van der Waals surface area contributed by atoms with Gasteiger partial charge >= 0.3 is 0 Å². The highest BCUT2D eigenvalue weighted by Gasteiger charge is 2.27. The molecule has 3 nitrogen and oxygen atoms in total. The van der Waals surface area contributed by atoms with E-state index in [0.29, 0.717) is 5.56 Å². The molecule has 0 amide bonds. The van der Waals surface area contributed by atoms with Crippen LogP contribution in [0.2, 0.25) is 0 Å². The van der Waals surface area contributed by atoms with Crippen molar-refractivity contribution in [1.29, 1.82) is 0 Å². The van der Waals surface area contributed by atoms with E-state index in [0.717, 1.165) is 5.56 Å². The molecule has 0 spiro atoms. The van der Waals surface area contributed by atoms with Crippen molar-refractivity contribution in [2.24, 2.45) is 0 Å². The van der Waals surface area contributed by atoms with Crippen LogP contribution < -0.4 is 0 Å². The van der Waals surface area contributed by atoms with Gasteiger partial charge in [0.2, 0.25) is 0 Å². The molecule has 94 valence electrons. The standard InChI is InChI=1S/C15H16O3/c1-15(2,10-6-8-11(16)9-7-10)12-4-3-5-13(17)14(12)18/h3-9,16-18H,1-2H3. The zero-order valence-corrected chi connectivity index (χ0v) is 10.4. The van der Waals surface area contributed by atoms with Gasteiger partial charge in [0.15, 0.2) is 11.5 Å². The molecule has 0 aliphatic rings. The molecule has 0 saturated heterocycles. The van der Waals surface area contributed by atoms with Gasteiger partial charge in [-0.3, -0.25) is 0 Å². The molecule has 0 fully saturated rings. The molecule has 0 unspecified atom stereocenters. The first kappa shape index (κ1) is 12.3. The van der Waals surface area contributed by atoms with E-state index in [4.69, 9.17) is 0 Å². The number of rotatable bonds is 2. The Bertz CT molecular complexity index is 556. The first-order valence-corrected chi connectivity index (χ1v) is 5.74. The molecule has 3 heteroatoms. The second kappa shape index (κ2) is 4.26. The van der Waals surface area contributed by atoms with Crippen LogP contribution in [0.4, 0.5) is 0 Å². The highest BCUT2D eigenvalue weighted by Crippen LogP contribution is 2.40. The minimum absolute atomic E-state index is 0.101. The van der Waals surface area contributed by atoms with Crippen LogP contribution in [-0.4, -0.2) is 15.3 Å². The highest BCUT2D eigenvalue weighted by atomic mass is 16.3. The Balaban J connectivity index is 2.54. The molecule has 0 saturated carbocycles. The second-order valence-corrected chi connectivity index (χ2v) is 4.85. The van der Waals surface area contributed by atoms with Crippen LogP contribution in [0.25, 0.3) is 0 Å². The van der Waals surface area contributed by atoms with Gasteiger partial charge in [0.1, 0.15) is 5.75 Å². The minimum atomic E-state index is -0.462. The van der Waals surface area contributed by atoms with E-state index in [2.05, 4.69) is 0 Å². The lowest BCUT2D eigenvalue weighted by Crippen LogP contribution is -2.18. The van der Waals surface area contributed by atoms with E-state index in [1.54, 1.807) is 36.4 Å². The number of aromatic hydroxyl groups is 3. The third-order valence-corrected chi connectivity index (χ3v) is 3.28. The Morgan fingerprint density at radius 2 is 1.44 bits per heavy atom. The topological polar surface area (TPSA) is 60.7 Å². The van der Waals surface area contributed by atoms with Gasteiger partial charge in [-0.25, -0.2) is 0 Å². The maximum Gasteiger partial charge on any atom is 0.161 e. The Labute approximate surface area is 106 Å². The van der Waals surface area contributed by atoms with Gasteiger partial charge in [0, 0.05) is 11.0 Å². The van der Waals surface area contributed by atoms with E-state index in [-0.39, 0.29) is 17.2 Å². The summed E-state index contributed by atoms with van der Waals surface area (Å²) in [5.74, 6) is -0.0235. The minimum Gasteiger partial charge on any atom is -0.508 e. The van der Waals surface area contributed by atoms with Gasteiger partial charge in [-0.15, -0.1) is 0 Å². The molecule has 0 heterocycles. The number of phenols is 3. The Morgan fingerprint density at radius 3 is 2.06 bits per heavy atom. The fraction of sp³-hybridized carbons (Fsp3) is 0.200. The van der Waals surface area contributed by atoms with E-state index < -0.39 is 5.41 Å². The predicted molar refractivity (Wildman–Crippen MR) is 70.0 cm³/mol. The summed E-state index contributed by atoms with van der Waals surface area (Å²) in [6.45, 7) is 3.90. The zero-order valence-electron chi connectivity index (χ0n) is 10.4. The molecule has 0 atom stereocenters. The summed E-state index contributed by atoms with van der Waals surface area (Å²) in [6.07, 6.45) is 0. The van der Waals surface area contributed by atoms with Crippen molar-refractivity contribution in [3.63, 3.8) is 0 Å². The van der Waals surface area contributed by atoms with Crippen LogP contribution in [-0.2, 0) is 5.41 Å². The third kappa shape index (κ3) is 1.99. The van der Waals surface area contributed by atoms with Crippen molar-refractivity contribution >= 4 is 0 Å². The number of phenolic OH excluding ortho intramolecular Hbond substituents is 3. The van der Waals surface area contributed by atoms with Crippen LogP contribution in [0.3, 0.4) is 0 Å². The maximum absolute atomic E-state index is 9.95. The number of hydrogen-bond donors (Lipinski definition) is 3. The van der Waals surface area contributed by atoms with Crippen molar-refractivity contribution in [1.82, 2.24) is 0 Å². The maximum atomic E-state index is 9.95. The Morgan fingerprint density at radius 1 is 0.833 bits per heavy atom. The number of para-hydroxylation sites is 1. The molecule has 0 aliphatic carbocycles. The molecule has 2 aromatic carbocycles. The summed E-state index contributed by atoms with van der Waals surface area (Å²) in [5.41, 5.74) is 1.13. The largest absolute Gasteiger partial charge is 0.508 e. The van der Waals surface area contributed by atoms with E-state index in [9.17, 15) is 15.3 Å². The number of hydrogen-bond acceptors (Lipinski definition) is 3. The Hall–Kier alpha value is -2.16. The van der Waals surface area contributed by atoms with E-state index in [1.165, 1.54) is 6.07 Å². The van der Waals surface area contributed by atoms with Gasteiger partial charge in [-0.2, -0.15) is 0 Å². The first-order chi connectivity index (χ1) is 8.43. The van der Waals surface area contributed by atoms with Gasteiger partial charge in [-0.1, -0.05) is 38.1 Å². The molecule has 18 heavy (non-hydrogen) atoms. The molecular formula is C15H16O3. The average Bonchev–Trinajstić information content (AvgIpc) is 2.33. The molecule has 0 aliphatic heterocycles. The third-order valence-electron chi connectivity index (χ3n) is 3.28. The second-order valence-electron chi connectivity index (χ2n) is 4.85. The van der Waals surface area contributed by atoms with Crippen LogP contribution in [0.5, 0.6) is 17.2 Å². The molecule has 3 N–H and O–H groups in total. The predicted octanol–water partition coefficient (Wildman–Crippen LogP) is 3.13. The lowest BCUT2D eigenvalue weighted by atomic mass is 9.77. The fourth-order valence-corrected chi connectivity index (χ4v) is 2.07. The van der Waals surface area contributed by atoms with Crippen LogP contribution in [0.1, 0.15) is 25.0 Å². The quantitative estimate of drug-likeness (QED) is 0.711. The monoisotopic (exact) mass is 244 g/mol. The highest BCUT2D eigenvalue weighted by molar-refractivity contribution is 5.52. The smallest absolute Gasteiger partial charge is 0.161 e. The summed E-state index contributed by atoms with van der Waals surface area (Å²) in [7, 11) is 0. The SMILES string of the molecule is CC(C)(c1ccc(O)cc1)c1cccc(O)c1O. The molecule has 2 aromatic rings. The summed E-state index contributed by atoms with van der Waals surface area (Å²) in [6, 6.07) is 11.8. The lowest BCUT2D eigenvalue weighted by molar-refractivity contribution is 0.392. The zero-order chi connectivity index (χ0) is 13.3. The van der Waals surface area contributed by atoms with Crippen molar-refractivity contribution in [3.8, 4) is 17.2 Å². The van der Waals surface area contributed by atoms with Gasteiger partial charge in [-0.05, 0) is 23.8 Å². The normalized spacial score (nSPS) is 11.4.